The Kier molecular flexibility index (Phi) is 2.69. The van der Waals surface area contributed by atoms with Crippen molar-refractivity contribution in [2.24, 2.45) is 0 Å². The van der Waals surface area contributed by atoms with Crippen LogP contribution in [0.4, 0.5) is 10.5 Å². The molecule has 0 aliphatic carbocycles. The minimum absolute atomic E-state index is 0.505. The third-order valence-electron chi connectivity index (χ3n) is 1.62. The molecule has 0 heterocycles. The number of carboxylic acid groups (broad SMARTS) is 1. The molecule has 3 heteroatoms. The maximum Gasteiger partial charge on any atom is 0.138 e. The van der Waals surface area contributed by atoms with Crippen molar-refractivity contribution in [1.29, 1.82) is 0 Å². The predicted molar refractivity (Wildman–Crippen MR) is 50.2 cm³/mol. The molecule has 0 spiro atoms. The van der Waals surface area contributed by atoms with Gasteiger partial charge in [0.1, 0.15) is 6.09 Å². The van der Waals surface area contributed by atoms with Gasteiger partial charge in [-0.05, 0) is 24.6 Å². The van der Waals surface area contributed by atoms with Gasteiger partial charge in [-0.25, -0.2) is 0 Å². The number of benzene rings is 1. The van der Waals surface area contributed by atoms with E-state index in [0.29, 0.717) is 5.69 Å². The Morgan fingerprint density at radius 1 is 1.38 bits per heavy atom. The van der Waals surface area contributed by atoms with Crippen LogP contribution in [-0.4, -0.2) is 6.09 Å². The summed E-state index contributed by atoms with van der Waals surface area (Å²) < 4.78 is 0. The first kappa shape index (κ1) is 9.32. The molecule has 0 atom stereocenters. The first-order valence-electron chi connectivity index (χ1n) is 3.83. The zero-order chi connectivity index (χ0) is 9.84. The highest BCUT2D eigenvalue weighted by Gasteiger charge is 1.93. The number of carbonyl (C=O) groups is 1. The molecular weight excluding hydrogens is 166 g/mol. The molecule has 0 bridgehead atoms. The Morgan fingerprint density at radius 2 is 1.92 bits per heavy atom. The molecule has 0 aliphatic rings. The predicted octanol–water partition coefficient (Wildman–Crippen LogP) is 1.47. The maximum atomic E-state index is 10.1. The van der Waals surface area contributed by atoms with Crippen molar-refractivity contribution in [3.8, 4) is 0 Å². The molecule has 1 aromatic rings. The standard InChI is InChI=1S/C10H11NO2/c1-7(2)8-3-5-9(6-4-8)11-10(12)13/h3-6,11H,1H2,2H3,(H,12,13)/p-1. The first-order valence-corrected chi connectivity index (χ1v) is 3.83. The normalized spacial score (nSPS) is 9.31. The number of amides is 1. The van der Waals surface area contributed by atoms with E-state index in [0.717, 1.165) is 11.1 Å². The second kappa shape index (κ2) is 3.76. The number of allylic oxidation sites excluding steroid dienone is 1. The Hall–Kier alpha value is -1.77. The van der Waals surface area contributed by atoms with Crippen molar-refractivity contribution in [1.82, 2.24) is 0 Å². The van der Waals surface area contributed by atoms with Gasteiger partial charge in [0.15, 0.2) is 0 Å². The van der Waals surface area contributed by atoms with Crippen LogP contribution in [0.15, 0.2) is 30.8 Å². The summed E-state index contributed by atoms with van der Waals surface area (Å²) in [5.41, 5.74) is 2.44. The molecule has 0 unspecified atom stereocenters. The summed E-state index contributed by atoms with van der Waals surface area (Å²) in [6.45, 7) is 5.66. The van der Waals surface area contributed by atoms with Crippen LogP contribution in [0.2, 0.25) is 0 Å². The van der Waals surface area contributed by atoms with Crippen LogP contribution in [0.3, 0.4) is 0 Å². The topological polar surface area (TPSA) is 52.2 Å². The molecule has 13 heavy (non-hydrogen) atoms. The molecule has 0 aliphatic heterocycles. The summed E-state index contributed by atoms with van der Waals surface area (Å²) in [4.78, 5) is 10.1. The fraction of sp³-hybridized carbons (Fsp3) is 0.100. The highest BCUT2D eigenvalue weighted by molar-refractivity contribution is 5.81. The van der Waals surface area contributed by atoms with E-state index in [-0.39, 0.29) is 0 Å². The number of hydrogen-bond donors (Lipinski definition) is 1. The third-order valence-corrected chi connectivity index (χ3v) is 1.62. The number of hydrogen-bond acceptors (Lipinski definition) is 2. The monoisotopic (exact) mass is 176 g/mol. The highest BCUT2D eigenvalue weighted by Crippen LogP contribution is 2.14. The van der Waals surface area contributed by atoms with Gasteiger partial charge in [-0.15, -0.1) is 0 Å². The molecule has 0 radical (unpaired) electrons. The van der Waals surface area contributed by atoms with Crippen LogP contribution in [0.25, 0.3) is 5.57 Å². The Balaban J connectivity index is 2.81. The van der Waals surface area contributed by atoms with Gasteiger partial charge in [-0.2, -0.15) is 0 Å². The Morgan fingerprint density at radius 3 is 2.31 bits per heavy atom. The lowest BCUT2D eigenvalue weighted by Crippen LogP contribution is -2.28. The highest BCUT2D eigenvalue weighted by atomic mass is 16.4. The number of rotatable bonds is 2. The van der Waals surface area contributed by atoms with Gasteiger partial charge in [-0.3, -0.25) is 0 Å². The van der Waals surface area contributed by atoms with Crippen molar-refractivity contribution < 1.29 is 9.90 Å². The van der Waals surface area contributed by atoms with Crippen molar-refractivity contribution in [3.05, 3.63) is 36.4 Å². The van der Waals surface area contributed by atoms with Crippen LogP contribution in [0.1, 0.15) is 12.5 Å². The molecule has 0 saturated heterocycles. The molecule has 1 amide bonds. The lowest BCUT2D eigenvalue weighted by atomic mass is 10.1. The van der Waals surface area contributed by atoms with E-state index in [4.69, 9.17) is 0 Å². The molecule has 0 fully saturated rings. The molecule has 0 aromatic heterocycles. The van der Waals surface area contributed by atoms with Gasteiger partial charge in [0.2, 0.25) is 0 Å². The average Bonchev–Trinajstić information content (AvgIpc) is 2.04. The van der Waals surface area contributed by atoms with Gasteiger partial charge in [-0.1, -0.05) is 24.3 Å². The van der Waals surface area contributed by atoms with E-state index in [1.54, 1.807) is 24.3 Å². The molecule has 1 aromatic carbocycles. The van der Waals surface area contributed by atoms with Crippen molar-refractivity contribution >= 4 is 17.4 Å². The van der Waals surface area contributed by atoms with Crippen LogP contribution < -0.4 is 10.4 Å². The van der Waals surface area contributed by atoms with E-state index >= 15 is 0 Å². The fourth-order valence-corrected chi connectivity index (χ4v) is 0.956. The zero-order valence-electron chi connectivity index (χ0n) is 7.33. The van der Waals surface area contributed by atoms with Crippen LogP contribution in [0, 0.1) is 0 Å². The smallest absolute Gasteiger partial charge is 0.138 e. The first-order chi connectivity index (χ1) is 6.09. The van der Waals surface area contributed by atoms with Crippen molar-refractivity contribution in [2.75, 3.05) is 5.32 Å². The molecule has 1 N–H and O–H groups in total. The van der Waals surface area contributed by atoms with Crippen LogP contribution in [-0.2, 0) is 0 Å². The third kappa shape index (κ3) is 2.63. The van der Waals surface area contributed by atoms with Crippen molar-refractivity contribution in [3.63, 3.8) is 0 Å². The zero-order valence-corrected chi connectivity index (χ0v) is 7.33. The minimum atomic E-state index is -1.30. The van der Waals surface area contributed by atoms with Crippen LogP contribution in [0.5, 0.6) is 0 Å². The quantitative estimate of drug-likeness (QED) is 0.741. The van der Waals surface area contributed by atoms with Gasteiger partial charge in [0, 0.05) is 5.69 Å². The second-order valence-corrected chi connectivity index (χ2v) is 2.77. The SMILES string of the molecule is C=C(C)c1ccc(NC(=O)[O-])cc1. The lowest BCUT2D eigenvalue weighted by molar-refractivity contribution is -0.242. The largest absolute Gasteiger partial charge is 0.530 e. The summed E-state index contributed by atoms with van der Waals surface area (Å²) in [5.74, 6) is 0. The van der Waals surface area contributed by atoms with E-state index in [1.807, 2.05) is 6.92 Å². The fourth-order valence-electron chi connectivity index (χ4n) is 0.956. The molecular formula is C10H10NO2-. The van der Waals surface area contributed by atoms with E-state index < -0.39 is 6.09 Å². The van der Waals surface area contributed by atoms with Gasteiger partial charge in [0.05, 0.1) is 0 Å². The Bertz CT molecular complexity index is 327. The minimum Gasteiger partial charge on any atom is -0.530 e. The number of anilines is 1. The lowest BCUT2D eigenvalue weighted by Gasteiger charge is -2.06. The van der Waals surface area contributed by atoms with Gasteiger partial charge in [0.25, 0.3) is 0 Å². The van der Waals surface area contributed by atoms with Crippen LogP contribution >= 0.6 is 0 Å². The van der Waals surface area contributed by atoms with E-state index in [2.05, 4.69) is 11.9 Å². The molecule has 68 valence electrons. The second-order valence-electron chi connectivity index (χ2n) is 2.77. The Labute approximate surface area is 76.7 Å². The molecule has 0 saturated carbocycles. The number of nitrogens with one attached hydrogen (secondary N) is 1. The average molecular weight is 176 g/mol. The summed E-state index contributed by atoms with van der Waals surface area (Å²) in [5, 5.41) is 12.3. The van der Waals surface area contributed by atoms with Gasteiger partial charge >= 0.3 is 0 Å². The summed E-state index contributed by atoms with van der Waals surface area (Å²) in [6, 6.07) is 6.93. The maximum absolute atomic E-state index is 10.1. The summed E-state index contributed by atoms with van der Waals surface area (Å²) in [6.07, 6.45) is -1.30. The van der Waals surface area contributed by atoms with Gasteiger partial charge < -0.3 is 15.2 Å². The molecule has 1 rings (SSSR count). The van der Waals surface area contributed by atoms with Crippen molar-refractivity contribution in [2.45, 2.75) is 6.92 Å². The van der Waals surface area contributed by atoms with E-state index in [9.17, 15) is 9.90 Å². The van der Waals surface area contributed by atoms with E-state index in [1.165, 1.54) is 0 Å². The number of carbonyl (C=O) groups excluding carboxylic acids is 1. The molecule has 3 nitrogen and oxygen atoms in total. The summed E-state index contributed by atoms with van der Waals surface area (Å²) in [7, 11) is 0. The summed E-state index contributed by atoms with van der Waals surface area (Å²) >= 11 is 0.